The Hall–Kier alpha value is -3.77. The molecular formula is C32H39N4O2+. The Morgan fingerprint density at radius 3 is 1.61 bits per heavy atom. The number of aromatic hydroxyl groups is 1. The molecule has 6 heteroatoms. The van der Waals surface area contributed by atoms with Gasteiger partial charge in [0.1, 0.15) is 24.7 Å². The number of hydrogen-bond donors (Lipinski definition) is 1. The first-order valence-electron chi connectivity index (χ1n) is 13.3. The van der Waals surface area contributed by atoms with Crippen LogP contribution in [0.25, 0.3) is 34.2 Å². The molecule has 0 radical (unpaired) electrons. The average molecular weight is 512 g/mol. The number of nitrogens with zero attached hydrogens (tertiary/aromatic N) is 4. The molecule has 0 atom stereocenters. The molecule has 0 aliphatic heterocycles. The maximum absolute atomic E-state index is 11.0. The molecule has 0 saturated heterocycles. The number of ether oxygens (including phenoxy) is 1. The zero-order valence-electron chi connectivity index (χ0n) is 23.7. The van der Waals surface area contributed by atoms with E-state index in [2.05, 4.69) is 72.9 Å². The van der Waals surface area contributed by atoms with E-state index in [1.165, 1.54) is 11.1 Å². The van der Waals surface area contributed by atoms with Gasteiger partial charge < -0.3 is 14.3 Å². The third kappa shape index (κ3) is 6.03. The second kappa shape index (κ2) is 11.3. The minimum absolute atomic E-state index is 0.0788. The van der Waals surface area contributed by atoms with Crippen molar-refractivity contribution in [2.75, 3.05) is 33.3 Å². The Kier molecular flexibility index (Phi) is 8.12. The fourth-order valence-electron chi connectivity index (χ4n) is 4.58. The Morgan fingerprint density at radius 1 is 0.684 bits per heavy atom. The summed E-state index contributed by atoms with van der Waals surface area (Å²) >= 11 is 0. The molecule has 1 N–H and O–H groups in total. The monoisotopic (exact) mass is 511 g/mol. The van der Waals surface area contributed by atoms with Gasteiger partial charge in [-0.25, -0.2) is 15.0 Å². The van der Waals surface area contributed by atoms with E-state index in [9.17, 15) is 5.11 Å². The largest absolute Gasteiger partial charge is 0.507 e. The molecule has 0 aliphatic carbocycles. The van der Waals surface area contributed by atoms with E-state index in [1.54, 1.807) is 6.07 Å². The van der Waals surface area contributed by atoms with Crippen molar-refractivity contribution < 1.29 is 14.3 Å². The second-order valence-electron chi connectivity index (χ2n) is 10.4. The minimum Gasteiger partial charge on any atom is -0.507 e. The highest BCUT2D eigenvalue weighted by atomic mass is 16.5. The second-order valence-corrected chi connectivity index (χ2v) is 10.4. The van der Waals surface area contributed by atoms with Gasteiger partial charge >= 0.3 is 0 Å². The predicted molar refractivity (Wildman–Crippen MR) is 154 cm³/mol. The van der Waals surface area contributed by atoms with E-state index in [-0.39, 0.29) is 5.75 Å². The average Bonchev–Trinajstić information content (AvgIpc) is 2.88. The first-order valence-corrected chi connectivity index (χ1v) is 13.3. The van der Waals surface area contributed by atoms with Crippen molar-refractivity contribution in [1.29, 1.82) is 0 Å². The van der Waals surface area contributed by atoms with Crippen molar-refractivity contribution >= 4 is 0 Å². The lowest BCUT2D eigenvalue weighted by atomic mass is 10.0. The van der Waals surface area contributed by atoms with Crippen LogP contribution in [0.15, 0.2) is 54.6 Å². The molecule has 0 saturated carbocycles. The van der Waals surface area contributed by atoms with Gasteiger partial charge in [0.25, 0.3) is 0 Å². The summed E-state index contributed by atoms with van der Waals surface area (Å²) in [5.41, 5.74) is 6.97. The number of phenolic OH excluding ortho intramolecular Hbond substituents is 1. The van der Waals surface area contributed by atoms with E-state index >= 15 is 0 Å². The maximum Gasteiger partial charge on any atom is 0.167 e. The number of benzene rings is 3. The van der Waals surface area contributed by atoms with Crippen molar-refractivity contribution in [3.63, 3.8) is 0 Å². The Labute approximate surface area is 226 Å². The van der Waals surface area contributed by atoms with Gasteiger partial charge in [0.2, 0.25) is 0 Å². The molecule has 0 aliphatic rings. The normalized spacial score (nSPS) is 11.6. The molecule has 0 amide bonds. The van der Waals surface area contributed by atoms with Gasteiger partial charge in [-0.15, -0.1) is 0 Å². The number of aromatic nitrogens is 3. The van der Waals surface area contributed by atoms with Gasteiger partial charge in [0, 0.05) is 17.2 Å². The lowest BCUT2D eigenvalue weighted by Crippen LogP contribution is -2.46. The lowest BCUT2D eigenvalue weighted by Gasteiger charge is -2.31. The molecule has 0 fully saturated rings. The zero-order chi connectivity index (χ0) is 27.4. The molecule has 4 aromatic rings. The number of phenols is 1. The standard InChI is InChI=1S/C32H38N4O2/c1-8-36(7,9-2)16-17-38-25-12-15-28(29(37)20-25)32-34-30(26-13-10-21(3)18-23(26)5)33-31(35-32)27-14-11-22(4)19-24(27)6/h10-15,18-20H,8-9,16-17H2,1-7H3/p+1. The highest BCUT2D eigenvalue weighted by Gasteiger charge is 2.19. The Morgan fingerprint density at radius 2 is 1.16 bits per heavy atom. The van der Waals surface area contributed by atoms with E-state index < -0.39 is 0 Å². The highest BCUT2D eigenvalue weighted by Crippen LogP contribution is 2.34. The molecule has 4 rings (SSSR count). The van der Waals surface area contributed by atoms with E-state index in [4.69, 9.17) is 19.7 Å². The van der Waals surface area contributed by atoms with E-state index in [1.807, 2.05) is 24.3 Å². The molecule has 38 heavy (non-hydrogen) atoms. The van der Waals surface area contributed by atoms with Crippen molar-refractivity contribution in [2.45, 2.75) is 41.5 Å². The lowest BCUT2D eigenvalue weighted by molar-refractivity contribution is -0.906. The van der Waals surface area contributed by atoms with Gasteiger partial charge in [-0.3, -0.25) is 0 Å². The smallest absolute Gasteiger partial charge is 0.167 e. The van der Waals surface area contributed by atoms with Crippen LogP contribution in [0.4, 0.5) is 0 Å². The molecule has 198 valence electrons. The van der Waals surface area contributed by atoms with Crippen LogP contribution in [0.5, 0.6) is 11.5 Å². The van der Waals surface area contributed by atoms with Gasteiger partial charge in [-0.05, 0) is 64.8 Å². The topological polar surface area (TPSA) is 68.1 Å². The molecule has 3 aromatic carbocycles. The van der Waals surface area contributed by atoms with Gasteiger partial charge in [0.05, 0.1) is 25.7 Å². The fourth-order valence-corrected chi connectivity index (χ4v) is 4.58. The Balaban J connectivity index is 1.74. The molecule has 0 spiro atoms. The Bertz CT molecular complexity index is 1370. The maximum atomic E-state index is 11.0. The van der Waals surface area contributed by atoms with Crippen molar-refractivity contribution in [3.8, 4) is 45.7 Å². The van der Waals surface area contributed by atoms with Crippen LogP contribution in [0.3, 0.4) is 0 Å². The summed E-state index contributed by atoms with van der Waals surface area (Å²) in [5.74, 6) is 2.30. The van der Waals surface area contributed by atoms with Gasteiger partial charge in [-0.2, -0.15) is 0 Å². The third-order valence-corrected chi connectivity index (χ3v) is 7.52. The molecule has 1 heterocycles. The van der Waals surface area contributed by atoms with Crippen LogP contribution >= 0.6 is 0 Å². The van der Waals surface area contributed by atoms with Crippen LogP contribution in [0, 0.1) is 27.7 Å². The summed E-state index contributed by atoms with van der Waals surface area (Å²) in [6.07, 6.45) is 0. The van der Waals surface area contributed by atoms with Crippen molar-refractivity contribution in [2.24, 2.45) is 0 Å². The van der Waals surface area contributed by atoms with E-state index in [0.717, 1.165) is 46.4 Å². The molecular weight excluding hydrogens is 472 g/mol. The number of likely N-dealkylation sites (N-methyl/N-ethyl adjacent to an activating group) is 1. The fraction of sp³-hybridized carbons (Fsp3) is 0.344. The van der Waals surface area contributed by atoms with Gasteiger partial charge in [-0.1, -0.05) is 47.5 Å². The number of hydrogen-bond acceptors (Lipinski definition) is 5. The first kappa shape index (κ1) is 27.3. The van der Waals surface area contributed by atoms with Gasteiger partial charge in [0.15, 0.2) is 17.5 Å². The zero-order valence-corrected chi connectivity index (χ0v) is 23.7. The summed E-state index contributed by atoms with van der Waals surface area (Å²) in [6, 6.07) is 17.8. The number of quaternary nitrogens is 1. The van der Waals surface area contributed by atoms with Crippen molar-refractivity contribution in [1.82, 2.24) is 15.0 Å². The summed E-state index contributed by atoms with van der Waals surface area (Å²) in [4.78, 5) is 14.5. The molecule has 6 nitrogen and oxygen atoms in total. The number of rotatable bonds is 9. The SMILES string of the molecule is CC[N+](C)(CC)CCOc1ccc(-c2nc(-c3ccc(C)cc3C)nc(-c3ccc(C)cc3C)n2)c(O)c1. The number of aryl methyl sites for hydroxylation is 4. The summed E-state index contributed by atoms with van der Waals surface area (Å²) in [7, 11) is 2.23. The summed E-state index contributed by atoms with van der Waals surface area (Å²) in [6.45, 7) is 16.2. The van der Waals surface area contributed by atoms with Crippen molar-refractivity contribution in [3.05, 3.63) is 76.9 Å². The molecule has 1 aromatic heterocycles. The minimum atomic E-state index is 0.0788. The van der Waals surface area contributed by atoms with Crippen LogP contribution in [-0.4, -0.2) is 57.8 Å². The van der Waals surface area contributed by atoms with Crippen LogP contribution in [0.2, 0.25) is 0 Å². The van der Waals surface area contributed by atoms with E-state index in [0.29, 0.717) is 35.4 Å². The summed E-state index contributed by atoms with van der Waals surface area (Å²) < 4.78 is 6.93. The highest BCUT2D eigenvalue weighted by molar-refractivity contribution is 5.72. The quantitative estimate of drug-likeness (QED) is 0.254. The summed E-state index contributed by atoms with van der Waals surface area (Å²) in [5, 5.41) is 11.0. The molecule has 0 unspecified atom stereocenters. The van der Waals surface area contributed by atoms with Crippen LogP contribution in [0.1, 0.15) is 36.1 Å². The predicted octanol–water partition coefficient (Wildman–Crippen LogP) is 6.68. The molecule has 0 bridgehead atoms. The van der Waals surface area contributed by atoms with Crippen LogP contribution < -0.4 is 4.74 Å². The van der Waals surface area contributed by atoms with Crippen LogP contribution in [-0.2, 0) is 0 Å². The third-order valence-electron chi connectivity index (χ3n) is 7.52. The first-order chi connectivity index (χ1) is 18.1.